The monoisotopic (exact) mass is 460 g/mol. The lowest BCUT2D eigenvalue weighted by molar-refractivity contribution is -0.127. The van der Waals surface area contributed by atoms with E-state index < -0.39 is 0 Å². The minimum absolute atomic E-state index is 0.0437. The fraction of sp³-hybridized carbons (Fsp3) is 0.269. The maximum atomic E-state index is 12.6. The lowest BCUT2D eigenvalue weighted by Crippen LogP contribution is -2.50. The van der Waals surface area contributed by atoms with E-state index in [1.54, 1.807) is 30.0 Å². The maximum absolute atomic E-state index is 12.6. The second kappa shape index (κ2) is 11.3. The zero-order valence-electron chi connectivity index (χ0n) is 19.1. The molecule has 2 amide bonds. The predicted molar refractivity (Wildman–Crippen MR) is 129 cm³/mol. The van der Waals surface area contributed by atoms with Gasteiger partial charge in [-0.2, -0.15) is 0 Å². The highest BCUT2D eigenvalue weighted by Crippen LogP contribution is 2.16. The molecule has 3 aromatic rings. The Bertz CT molecular complexity index is 1130. The number of ether oxygens (including phenoxy) is 1. The van der Waals surface area contributed by atoms with Gasteiger partial charge in [0.2, 0.25) is 11.8 Å². The summed E-state index contributed by atoms with van der Waals surface area (Å²) in [5.41, 5.74) is 2.00. The highest BCUT2D eigenvalue weighted by Gasteiger charge is 2.21. The number of piperazine rings is 1. The normalized spacial score (nSPS) is 14.3. The summed E-state index contributed by atoms with van der Waals surface area (Å²) in [5.74, 6) is 1.61. The fourth-order valence-corrected chi connectivity index (χ4v) is 3.66. The van der Waals surface area contributed by atoms with Crippen LogP contribution in [0.2, 0.25) is 0 Å². The first-order chi connectivity index (χ1) is 16.5. The third-order valence-electron chi connectivity index (χ3n) is 5.47. The van der Waals surface area contributed by atoms with Crippen molar-refractivity contribution in [3.8, 4) is 5.75 Å². The van der Waals surface area contributed by atoms with Crippen molar-refractivity contribution >= 4 is 23.7 Å². The summed E-state index contributed by atoms with van der Waals surface area (Å²) in [6, 6.07) is 19.3. The number of amides is 2. The van der Waals surface area contributed by atoms with Crippen LogP contribution in [-0.4, -0.2) is 59.5 Å². The van der Waals surface area contributed by atoms with Gasteiger partial charge in [-0.15, -0.1) is 0 Å². The third-order valence-corrected chi connectivity index (χ3v) is 5.47. The maximum Gasteiger partial charge on any atom is 0.246 e. The number of anilines is 1. The first-order valence-corrected chi connectivity index (χ1v) is 11.2. The number of aromatic nitrogens is 1. The van der Waals surface area contributed by atoms with Gasteiger partial charge < -0.3 is 19.5 Å². The molecule has 0 saturated carbocycles. The van der Waals surface area contributed by atoms with Crippen LogP contribution in [0.4, 0.5) is 5.82 Å². The van der Waals surface area contributed by atoms with Gasteiger partial charge >= 0.3 is 0 Å². The average Bonchev–Trinajstić information content (AvgIpc) is 3.26. The number of hydrogen-bond donors (Lipinski definition) is 1. The lowest BCUT2D eigenvalue weighted by atomic mass is 10.2. The van der Waals surface area contributed by atoms with E-state index in [2.05, 4.69) is 10.5 Å². The molecule has 1 aliphatic rings. The molecule has 1 N–H and O–H groups in total. The Hall–Kier alpha value is -3.91. The Kier molecular flexibility index (Phi) is 7.72. The second-order valence-electron chi connectivity index (χ2n) is 8.15. The van der Waals surface area contributed by atoms with Crippen LogP contribution in [0.5, 0.6) is 5.75 Å². The van der Waals surface area contributed by atoms with Gasteiger partial charge in [0.25, 0.3) is 0 Å². The summed E-state index contributed by atoms with van der Waals surface area (Å²) >= 11 is 0. The van der Waals surface area contributed by atoms with E-state index in [1.165, 1.54) is 0 Å². The van der Waals surface area contributed by atoms with Gasteiger partial charge in [-0.3, -0.25) is 14.5 Å². The van der Waals surface area contributed by atoms with Crippen LogP contribution in [-0.2, 0) is 16.2 Å². The molecule has 0 unspecified atom stereocenters. The number of hydrogen-bond acceptors (Lipinski definition) is 6. The van der Waals surface area contributed by atoms with E-state index in [-0.39, 0.29) is 18.4 Å². The Morgan fingerprint density at radius 3 is 2.59 bits per heavy atom. The number of rotatable bonds is 8. The Labute approximate surface area is 198 Å². The van der Waals surface area contributed by atoms with Crippen molar-refractivity contribution in [3.05, 3.63) is 83.6 Å². The van der Waals surface area contributed by atoms with Gasteiger partial charge in [0.05, 0.1) is 6.54 Å². The van der Waals surface area contributed by atoms with E-state index >= 15 is 0 Å². The van der Waals surface area contributed by atoms with Crippen molar-refractivity contribution < 1.29 is 18.8 Å². The highest BCUT2D eigenvalue weighted by atomic mass is 16.5. The van der Waals surface area contributed by atoms with E-state index in [1.807, 2.05) is 59.5 Å². The SMILES string of the molecule is Cc1cc(NC(=O)CN2CCN(C(=O)/C=C/c3cccc(OCc4ccccc4)c3)CC2)no1. The largest absolute Gasteiger partial charge is 0.489 e. The van der Waals surface area contributed by atoms with E-state index in [0.717, 1.165) is 16.9 Å². The topological polar surface area (TPSA) is 87.9 Å². The van der Waals surface area contributed by atoms with Crippen LogP contribution < -0.4 is 10.1 Å². The summed E-state index contributed by atoms with van der Waals surface area (Å²) in [4.78, 5) is 28.6. The standard InChI is InChI=1S/C26H28N4O4/c1-20-16-24(28-34-20)27-25(31)18-29-12-14-30(15-13-29)26(32)11-10-21-8-5-9-23(17-21)33-19-22-6-3-2-4-7-22/h2-11,16-17H,12-15,18-19H2,1H3,(H,27,28,31)/b11-10+. The van der Waals surface area contributed by atoms with Gasteiger partial charge in [0, 0.05) is 38.3 Å². The van der Waals surface area contributed by atoms with Crippen molar-refractivity contribution in [2.75, 3.05) is 38.0 Å². The summed E-state index contributed by atoms with van der Waals surface area (Å²) < 4.78 is 10.8. The van der Waals surface area contributed by atoms with Crippen molar-refractivity contribution in [2.24, 2.45) is 0 Å². The van der Waals surface area contributed by atoms with E-state index in [0.29, 0.717) is 44.4 Å². The average molecular weight is 461 g/mol. The minimum atomic E-state index is -0.151. The van der Waals surface area contributed by atoms with Crippen LogP contribution in [0.1, 0.15) is 16.9 Å². The van der Waals surface area contributed by atoms with Gasteiger partial charge in [-0.1, -0.05) is 47.6 Å². The first-order valence-electron chi connectivity index (χ1n) is 11.2. The molecular weight excluding hydrogens is 432 g/mol. The van der Waals surface area contributed by atoms with E-state index in [9.17, 15) is 9.59 Å². The summed E-state index contributed by atoms with van der Waals surface area (Å²) in [6.07, 6.45) is 3.39. The number of aryl methyl sites for hydroxylation is 1. The van der Waals surface area contributed by atoms with E-state index in [4.69, 9.17) is 9.26 Å². The van der Waals surface area contributed by atoms with Gasteiger partial charge in [0.1, 0.15) is 18.1 Å². The number of benzene rings is 2. The Balaban J connectivity index is 1.22. The Morgan fingerprint density at radius 2 is 1.85 bits per heavy atom. The molecular formula is C26H28N4O4. The van der Waals surface area contributed by atoms with Crippen molar-refractivity contribution in [1.29, 1.82) is 0 Å². The van der Waals surface area contributed by atoms with Crippen LogP contribution in [0.25, 0.3) is 6.08 Å². The molecule has 8 heteroatoms. The third kappa shape index (κ3) is 6.79. The number of carbonyl (C=O) groups is 2. The molecule has 0 atom stereocenters. The van der Waals surface area contributed by atoms with Crippen LogP contribution in [0.15, 0.2) is 71.3 Å². The van der Waals surface area contributed by atoms with Crippen LogP contribution in [0, 0.1) is 6.92 Å². The first kappa shape index (κ1) is 23.3. The zero-order chi connectivity index (χ0) is 23.8. The molecule has 2 heterocycles. The van der Waals surface area contributed by atoms with Crippen LogP contribution in [0.3, 0.4) is 0 Å². The van der Waals surface area contributed by atoms with Crippen molar-refractivity contribution in [3.63, 3.8) is 0 Å². The number of nitrogens with zero attached hydrogens (tertiary/aromatic N) is 3. The fourth-order valence-electron chi connectivity index (χ4n) is 3.66. The quantitative estimate of drug-likeness (QED) is 0.519. The second-order valence-corrected chi connectivity index (χ2v) is 8.15. The molecule has 4 rings (SSSR count). The summed E-state index contributed by atoms with van der Waals surface area (Å²) in [6.45, 7) is 4.91. The molecule has 1 aliphatic heterocycles. The van der Waals surface area contributed by atoms with Gasteiger partial charge in [-0.25, -0.2) is 0 Å². The van der Waals surface area contributed by atoms with Crippen molar-refractivity contribution in [1.82, 2.24) is 15.0 Å². The number of carbonyl (C=O) groups excluding carboxylic acids is 2. The molecule has 34 heavy (non-hydrogen) atoms. The molecule has 1 fully saturated rings. The number of nitrogens with one attached hydrogen (secondary N) is 1. The van der Waals surface area contributed by atoms with Gasteiger partial charge in [0.15, 0.2) is 5.82 Å². The molecule has 2 aromatic carbocycles. The molecule has 0 spiro atoms. The van der Waals surface area contributed by atoms with Crippen molar-refractivity contribution in [2.45, 2.75) is 13.5 Å². The van der Waals surface area contributed by atoms with Crippen LogP contribution >= 0.6 is 0 Å². The lowest BCUT2D eigenvalue weighted by Gasteiger charge is -2.33. The van der Waals surface area contributed by atoms with Gasteiger partial charge in [-0.05, 0) is 36.3 Å². The molecule has 8 nitrogen and oxygen atoms in total. The zero-order valence-corrected chi connectivity index (χ0v) is 19.1. The Morgan fingerprint density at radius 1 is 1.06 bits per heavy atom. The smallest absolute Gasteiger partial charge is 0.246 e. The molecule has 176 valence electrons. The molecule has 1 aromatic heterocycles. The molecule has 0 bridgehead atoms. The molecule has 0 aliphatic carbocycles. The summed E-state index contributed by atoms with van der Waals surface area (Å²) in [5, 5.41) is 6.48. The predicted octanol–water partition coefficient (Wildman–Crippen LogP) is 3.36. The highest BCUT2D eigenvalue weighted by molar-refractivity contribution is 5.92. The molecule has 0 radical (unpaired) electrons. The minimum Gasteiger partial charge on any atom is -0.489 e. The molecule has 1 saturated heterocycles. The summed E-state index contributed by atoms with van der Waals surface area (Å²) in [7, 11) is 0.